The van der Waals surface area contributed by atoms with E-state index in [-0.39, 0.29) is 16.2 Å². The van der Waals surface area contributed by atoms with Crippen LogP contribution in [0.3, 0.4) is 0 Å². The number of hydrogen-bond acceptors (Lipinski definition) is 6. The summed E-state index contributed by atoms with van der Waals surface area (Å²) in [6, 6.07) is 4.13. The molecule has 1 aliphatic heterocycles. The zero-order valence-electron chi connectivity index (χ0n) is 18.0. The number of esters is 1. The molecule has 1 aromatic carbocycles. The van der Waals surface area contributed by atoms with Crippen LogP contribution in [-0.2, 0) is 19.6 Å². The number of benzene rings is 1. The van der Waals surface area contributed by atoms with Crippen molar-refractivity contribution in [3.05, 3.63) is 23.8 Å². The van der Waals surface area contributed by atoms with Gasteiger partial charge in [0.1, 0.15) is 10.6 Å². The van der Waals surface area contributed by atoms with Crippen molar-refractivity contribution in [3.63, 3.8) is 0 Å². The minimum Gasteiger partial charge on any atom is -0.495 e. The highest BCUT2D eigenvalue weighted by Crippen LogP contribution is 2.29. The van der Waals surface area contributed by atoms with Crippen molar-refractivity contribution in [1.82, 2.24) is 9.62 Å². The predicted octanol–water partition coefficient (Wildman–Crippen LogP) is 2.58. The highest BCUT2D eigenvalue weighted by atomic mass is 32.2. The fourth-order valence-electron chi connectivity index (χ4n) is 3.19. The number of nitrogens with one attached hydrogen (secondary N) is 1. The van der Waals surface area contributed by atoms with Crippen LogP contribution in [0.2, 0.25) is 0 Å². The van der Waals surface area contributed by atoms with Gasteiger partial charge in [-0.05, 0) is 43.4 Å². The van der Waals surface area contributed by atoms with Gasteiger partial charge < -0.3 is 14.8 Å². The van der Waals surface area contributed by atoms with Gasteiger partial charge in [-0.15, -0.1) is 0 Å². The maximum absolute atomic E-state index is 13.2. The quantitative estimate of drug-likeness (QED) is 0.592. The molecule has 0 spiro atoms. The van der Waals surface area contributed by atoms with Gasteiger partial charge >= 0.3 is 5.97 Å². The number of nitrogens with zero attached hydrogens (tertiary/aromatic N) is 1. The number of rotatable bonds is 9. The van der Waals surface area contributed by atoms with Crippen LogP contribution in [0.5, 0.6) is 5.75 Å². The zero-order valence-corrected chi connectivity index (χ0v) is 18.8. The van der Waals surface area contributed by atoms with Gasteiger partial charge in [0.2, 0.25) is 10.0 Å². The number of hydrogen-bond donors (Lipinski definition) is 1. The number of sulfonamides is 1. The second kappa shape index (κ2) is 11.3. The molecule has 8 nitrogen and oxygen atoms in total. The maximum Gasteiger partial charge on any atom is 0.338 e. The first-order chi connectivity index (χ1) is 14.3. The third-order valence-corrected chi connectivity index (χ3v) is 6.88. The van der Waals surface area contributed by atoms with Crippen molar-refractivity contribution >= 4 is 21.9 Å². The van der Waals surface area contributed by atoms with Gasteiger partial charge in [-0.3, -0.25) is 4.79 Å². The van der Waals surface area contributed by atoms with E-state index in [0.29, 0.717) is 25.6 Å². The van der Waals surface area contributed by atoms with Crippen molar-refractivity contribution in [1.29, 1.82) is 0 Å². The molecule has 0 bridgehead atoms. The molecule has 0 aromatic heterocycles. The van der Waals surface area contributed by atoms with E-state index < -0.39 is 28.5 Å². The molecule has 9 heteroatoms. The van der Waals surface area contributed by atoms with Crippen LogP contribution in [0, 0.1) is 5.92 Å². The van der Waals surface area contributed by atoms with Crippen molar-refractivity contribution in [2.75, 3.05) is 33.4 Å². The average molecular weight is 441 g/mol. The van der Waals surface area contributed by atoms with E-state index in [9.17, 15) is 18.0 Å². The van der Waals surface area contributed by atoms with Crippen LogP contribution in [0.4, 0.5) is 0 Å². The molecule has 0 aliphatic carbocycles. The van der Waals surface area contributed by atoms with Gasteiger partial charge in [-0.25, -0.2) is 13.2 Å². The highest BCUT2D eigenvalue weighted by molar-refractivity contribution is 7.89. The second-order valence-corrected chi connectivity index (χ2v) is 9.70. The third-order valence-electron chi connectivity index (χ3n) is 4.96. The van der Waals surface area contributed by atoms with Crippen LogP contribution in [0.15, 0.2) is 23.1 Å². The van der Waals surface area contributed by atoms with Gasteiger partial charge in [-0.2, -0.15) is 4.31 Å². The fraction of sp³-hybridized carbons (Fsp3) is 0.619. The lowest BCUT2D eigenvalue weighted by Crippen LogP contribution is -2.32. The number of carbonyl (C=O) groups excluding carboxylic acids is 2. The Morgan fingerprint density at radius 1 is 1.13 bits per heavy atom. The second-order valence-electron chi connectivity index (χ2n) is 7.79. The van der Waals surface area contributed by atoms with Crippen LogP contribution >= 0.6 is 0 Å². The predicted molar refractivity (Wildman–Crippen MR) is 113 cm³/mol. The standard InChI is InChI=1S/C21H32N2O6S/c1-16(2)10-11-22-20(24)15-29-21(25)17-8-9-18(28-3)19(14-17)30(26,27)23-12-6-4-5-7-13-23/h8-9,14,16H,4-7,10-13,15H2,1-3H3,(H,22,24). The fourth-order valence-corrected chi connectivity index (χ4v) is 4.89. The molecule has 168 valence electrons. The summed E-state index contributed by atoms with van der Waals surface area (Å²) in [5, 5.41) is 2.68. The summed E-state index contributed by atoms with van der Waals surface area (Å²) in [4.78, 5) is 24.1. The summed E-state index contributed by atoms with van der Waals surface area (Å²) in [6.07, 6.45) is 4.42. The molecule has 0 unspecified atom stereocenters. The van der Waals surface area contributed by atoms with Crippen LogP contribution in [-0.4, -0.2) is 58.0 Å². The van der Waals surface area contributed by atoms with E-state index in [4.69, 9.17) is 9.47 Å². The van der Waals surface area contributed by atoms with Crippen molar-refractivity contribution < 1.29 is 27.5 Å². The number of ether oxygens (including phenoxy) is 2. The lowest BCUT2D eigenvalue weighted by molar-refractivity contribution is -0.124. The van der Waals surface area contributed by atoms with Gasteiger partial charge in [-0.1, -0.05) is 26.7 Å². The summed E-state index contributed by atoms with van der Waals surface area (Å²) in [6.45, 7) is 5.07. The smallest absolute Gasteiger partial charge is 0.338 e. The average Bonchev–Trinajstić information content (AvgIpc) is 3.01. The van der Waals surface area contributed by atoms with Crippen LogP contribution < -0.4 is 10.1 Å². The summed E-state index contributed by atoms with van der Waals surface area (Å²) < 4.78 is 38.0. The summed E-state index contributed by atoms with van der Waals surface area (Å²) in [5.74, 6) is -0.530. The molecule has 1 N–H and O–H groups in total. The Kier molecular flexibility index (Phi) is 9.10. The molecule has 0 saturated carbocycles. The van der Waals surface area contributed by atoms with Crippen molar-refractivity contribution in [2.24, 2.45) is 5.92 Å². The number of carbonyl (C=O) groups is 2. The molecule has 0 atom stereocenters. The highest BCUT2D eigenvalue weighted by Gasteiger charge is 2.29. The van der Waals surface area contributed by atoms with E-state index in [2.05, 4.69) is 5.32 Å². The largest absolute Gasteiger partial charge is 0.495 e. The normalized spacial score (nSPS) is 15.5. The van der Waals surface area contributed by atoms with Gasteiger partial charge in [0, 0.05) is 19.6 Å². The Labute approximate surface area is 179 Å². The molecule has 1 heterocycles. The summed E-state index contributed by atoms with van der Waals surface area (Å²) in [7, 11) is -2.43. The van der Waals surface area contributed by atoms with E-state index in [1.807, 2.05) is 13.8 Å². The molecule has 1 amide bonds. The van der Waals surface area contributed by atoms with Crippen LogP contribution in [0.1, 0.15) is 56.3 Å². The first-order valence-electron chi connectivity index (χ1n) is 10.4. The van der Waals surface area contributed by atoms with Crippen molar-refractivity contribution in [3.8, 4) is 5.75 Å². The van der Waals surface area contributed by atoms with E-state index in [0.717, 1.165) is 32.1 Å². The minimum atomic E-state index is -3.81. The Balaban J connectivity index is 2.11. The van der Waals surface area contributed by atoms with E-state index >= 15 is 0 Å². The lowest BCUT2D eigenvalue weighted by atomic mass is 10.1. The Morgan fingerprint density at radius 3 is 2.40 bits per heavy atom. The third kappa shape index (κ3) is 6.70. The molecule has 1 fully saturated rings. The van der Waals surface area contributed by atoms with Gasteiger partial charge in [0.25, 0.3) is 5.91 Å². The number of methoxy groups -OCH3 is 1. The molecular weight excluding hydrogens is 408 g/mol. The van der Waals surface area contributed by atoms with Gasteiger partial charge in [0.15, 0.2) is 6.61 Å². The Hall–Kier alpha value is -2.13. The Morgan fingerprint density at radius 2 is 1.80 bits per heavy atom. The molecule has 1 aromatic rings. The zero-order chi connectivity index (χ0) is 22.1. The molecule has 2 rings (SSSR count). The Bertz CT molecular complexity index is 830. The van der Waals surface area contributed by atoms with Gasteiger partial charge in [0.05, 0.1) is 12.7 Å². The lowest BCUT2D eigenvalue weighted by Gasteiger charge is -2.21. The molecule has 1 saturated heterocycles. The van der Waals surface area contributed by atoms with Crippen molar-refractivity contribution in [2.45, 2.75) is 50.8 Å². The minimum absolute atomic E-state index is 0.0548. The first-order valence-corrected chi connectivity index (χ1v) is 11.8. The van der Waals surface area contributed by atoms with E-state index in [1.165, 1.54) is 29.6 Å². The SMILES string of the molecule is COc1ccc(C(=O)OCC(=O)NCCC(C)C)cc1S(=O)(=O)N1CCCCCC1. The monoisotopic (exact) mass is 440 g/mol. The first kappa shape index (κ1) is 24.1. The summed E-state index contributed by atoms with van der Waals surface area (Å²) in [5.41, 5.74) is 0.0548. The topological polar surface area (TPSA) is 102 Å². The van der Waals surface area contributed by atoms with Crippen LogP contribution in [0.25, 0.3) is 0 Å². The summed E-state index contributed by atoms with van der Waals surface area (Å²) >= 11 is 0. The van der Waals surface area contributed by atoms with E-state index in [1.54, 1.807) is 0 Å². The molecule has 0 radical (unpaired) electrons. The molecule has 30 heavy (non-hydrogen) atoms. The number of amides is 1. The maximum atomic E-state index is 13.2. The molecule has 1 aliphatic rings. The molecular formula is C21H32N2O6S.